The molecule has 1 N–H and O–H groups in total. The van der Waals surface area contributed by atoms with Crippen molar-refractivity contribution >= 4 is 21.8 Å². The van der Waals surface area contributed by atoms with Crippen molar-refractivity contribution in [1.29, 1.82) is 0 Å². The third kappa shape index (κ3) is 5.18. The summed E-state index contributed by atoms with van der Waals surface area (Å²) >= 11 is 0. The van der Waals surface area contributed by atoms with Gasteiger partial charge in [0, 0.05) is 26.2 Å². The fraction of sp³-hybridized carbons (Fsp3) is 0.278. The fourth-order valence-corrected chi connectivity index (χ4v) is 3.40. The number of nitrogens with one attached hydrogen (secondary N) is 1. The van der Waals surface area contributed by atoms with E-state index in [0.29, 0.717) is 5.75 Å². The molecule has 0 saturated heterocycles. The number of hydrogen-bond acceptors (Lipinski definition) is 4. The lowest BCUT2D eigenvalue weighted by Crippen LogP contribution is -2.45. The van der Waals surface area contributed by atoms with Gasteiger partial charge in [-0.25, -0.2) is 8.70 Å². The molecule has 0 aliphatic heterocycles. The molecule has 0 radical (unpaired) electrons. The molecule has 0 aromatic heterocycles. The van der Waals surface area contributed by atoms with E-state index in [-0.39, 0.29) is 12.2 Å². The smallest absolute Gasteiger partial charge is 0.304 e. The summed E-state index contributed by atoms with van der Waals surface area (Å²) in [6, 6.07) is 12.1. The van der Waals surface area contributed by atoms with Crippen LogP contribution < -0.4 is 14.4 Å². The molecule has 0 aliphatic carbocycles. The molecule has 146 valence electrons. The van der Waals surface area contributed by atoms with Crippen molar-refractivity contribution in [3.8, 4) is 5.75 Å². The van der Waals surface area contributed by atoms with Gasteiger partial charge in [0.1, 0.15) is 18.1 Å². The molecule has 9 heteroatoms. The number of ether oxygens (including phenoxy) is 1. The molecule has 0 unspecified atom stereocenters. The first-order chi connectivity index (χ1) is 12.8. The van der Waals surface area contributed by atoms with Crippen LogP contribution in [0.5, 0.6) is 5.75 Å². The molecule has 2 aromatic rings. The van der Waals surface area contributed by atoms with Crippen LogP contribution in [0.4, 0.5) is 10.1 Å². The Morgan fingerprint density at radius 2 is 1.74 bits per heavy atom. The number of nitrogens with zero attached hydrogens (tertiary/aromatic N) is 2. The number of carbonyl (C=O) groups excluding carboxylic acids is 1. The Kier molecular flexibility index (Phi) is 6.75. The van der Waals surface area contributed by atoms with Crippen LogP contribution in [0.25, 0.3) is 0 Å². The summed E-state index contributed by atoms with van der Waals surface area (Å²) in [5.41, 5.74) is 0.953. The van der Waals surface area contributed by atoms with E-state index in [1.165, 1.54) is 33.3 Å². The van der Waals surface area contributed by atoms with Crippen molar-refractivity contribution in [1.82, 2.24) is 9.62 Å². The highest BCUT2D eigenvalue weighted by molar-refractivity contribution is 7.90. The standard InChI is InChI=1S/C18H22FN3O4S/c1-21(2)27(24,25)22(16-10-8-15(19)9-11-16)13-18(23)20-12-14-6-4-5-7-17(14)26-3/h4-11H,12-13H2,1-3H3,(H,20,23). The maximum absolute atomic E-state index is 13.2. The Morgan fingerprint density at radius 1 is 1.11 bits per heavy atom. The molecule has 0 saturated carbocycles. The monoisotopic (exact) mass is 395 g/mol. The van der Waals surface area contributed by atoms with Crippen LogP contribution in [0.1, 0.15) is 5.56 Å². The van der Waals surface area contributed by atoms with Gasteiger partial charge in [-0.1, -0.05) is 18.2 Å². The summed E-state index contributed by atoms with van der Waals surface area (Å²) in [5.74, 6) is -0.383. The van der Waals surface area contributed by atoms with Gasteiger partial charge in [0.25, 0.3) is 0 Å². The van der Waals surface area contributed by atoms with Crippen LogP contribution in [-0.4, -0.2) is 46.4 Å². The van der Waals surface area contributed by atoms with Gasteiger partial charge in [-0.2, -0.15) is 12.7 Å². The largest absolute Gasteiger partial charge is 0.496 e. The molecule has 0 spiro atoms. The number of anilines is 1. The van der Waals surface area contributed by atoms with Crippen LogP contribution in [0, 0.1) is 5.82 Å². The first-order valence-electron chi connectivity index (χ1n) is 8.10. The predicted molar refractivity (Wildman–Crippen MR) is 101 cm³/mol. The van der Waals surface area contributed by atoms with Gasteiger partial charge < -0.3 is 10.1 Å². The van der Waals surface area contributed by atoms with E-state index in [0.717, 1.165) is 26.3 Å². The number of halogens is 1. The Balaban J connectivity index is 2.17. The number of methoxy groups -OCH3 is 1. The van der Waals surface area contributed by atoms with Crippen LogP contribution in [-0.2, 0) is 21.5 Å². The third-order valence-electron chi connectivity index (χ3n) is 3.81. The minimum Gasteiger partial charge on any atom is -0.496 e. The van der Waals surface area contributed by atoms with Crippen molar-refractivity contribution in [2.45, 2.75) is 6.54 Å². The molecule has 0 atom stereocenters. The zero-order valence-corrected chi connectivity index (χ0v) is 16.2. The number of para-hydroxylation sites is 1. The number of amides is 1. The van der Waals surface area contributed by atoms with Crippen LogP contribution >= 0.6 is 0 Å². The summed E-state index contributed by atoms with van der Waals surface area (Å²) in [5, 5.41) is 2.68. The average Bonchev–Trinajstić information content (AvgIpc) is 2.65. The van der Waals surface area contributed by atoms with E-state index < -0.39 is 28.5 Å². The lowest BCUT2D eigenvalue weighted by Gasteiger charge is -2.27. The first-order valence-corrected chi connectivity index (χ1v) is 9.49. The van der Waals surface area contributed by atoms with Gasteiger partial charge >= 0.3 is 10.2 Å². The van der Waals surface area contributed by atoms with E-state index in [4.69, 9.17) is 4.74 Å². The van der Waals surface area contributed by atoms with Crippen molar-refractivity contribution in [3.05, 3.63) is 59.9 Å². The topological polar surface area (TPSA) is 79.0 Å². The molecule has 0 aliphatic rings. The Labute approximate surface area is 158 Å². The Hall–Kier alpha value is -2.65. The molecule has 2 rings (SSSR count). The highest BCUT2D eigenvalue weighted by atomic mass is 32.2. The first kappa shape index (κ1) is 20.7. The highest BCUT2D eigenvalue weighted by Crippen LogP contribution is 2.20. The predicted octanol–water partition coefficient (Wildman–Crippen LogP) is 1.76. The van der Waals surface area contributed by atoms with Crippen LogP contribution in [0.3, 0.4) is 0 Å². The van der Waals surface area contributed by atoms with Gasteiger partial charge in [0.2, 0.25) is 5.91 Å². The summed E-state index contributed by atoms with van der Waals surface area (Å²) in [6.07, 6.45) is 0. The van der Waals surface area contributed by atoms with Gasteiger partial charge in [-0.3, -0.25) is 4.79 Å². The molecular weight excluding hydrogens is 373 g/mol. The summed E-state index contributed by atoms with van der Waals surface area (Å²) < 4.78 is 45.5. The number of hydrogen-bond donors (Lipinski definition) is 1. The molecular formula is C18H22FN3O4S. The molecule has 2 aromatic carbocycles. The average molecular weight is 395 g/mol. The quantitative estimate of drug-likeness (QED) is 0.739. The maximum atomic E-state index is 13.2. The van der Waals surface area contributed by atoms with Gasteiger partial charge in [-0.05, 0) is 30.3 Å². The minimum absolute atomic E-state index is 0.183. The minimum atomic E-state index is -3.94. The molecule has 7 nitrogen and oxygen atoms in total. The number of benzene rings is 2. The maximum Gasteiger partial charge on any atom is 0.304 e. The van der Waals surface area contributed by atoms with E-state index in [9.17, 15) is 17.6 Å². The normalized spacial score (nSPS) is 11.3. The Morgan fingerprint density at radius 3 is 2.33 bits per heavy atom. The number of rotatable bonds is 8. The van der Waals surface area contributed by atoms with Crippen molar-refractivity contribution < 1.29 is 22.3 Å². The highest BCUT2D eigenvalue weighted by Gasteiger charge is 2.27. The van der Waals surface area contributed by atoms with Gasteiger partial charge in [0.05, 0.1) is 12.8 Å². The van der Waals surface area contributed by atoms with E-state index in [1.54, 1.807) is 12.1 Å². The second kappa shape index (κ2) is 8.83. The van der Waals surface area contributed by atoms with E-state index >= 15 is 0 Å². The summed E-state index contributed by atoms with van der Waals surface area (Å²) in [7, 11) is 0.311. The summed E-state index contributed by atoms with van der Waals surface area (Å²) in [4.78, 5) is 12.4. The molecule has 0 fully saturated rings. The van der Waals surface area contributed by atoms with Crippen molar-refractivity contribution in [3.63, 3.8) is 0 Å². The number of carbonyl (C=O) groups is 1. The third-order valence-corrected chi connectivity index (χ3v) is 5.63. The molecule has 1 amide bonds. The van der Waals surface area contributed by atoms with Crippen molar-refractivity contribution in [2.75, 3.05) is 32.1 Å². The Bertz CT molecular complexity index is 886. The fourth-order valence-electron chi connectivity index (χ4n) is 2.34. The summed E-state index contributed by atoms with van der Waals surface area (Å²) in [6.45, 7) is -0.261. The van der Waals surface area contributed by atoms with E-state index in [2.05, 4.69) is 5.32 Å². The SMILES string of the molecule is COc1ccccc1CNC(=O)CN(c1ccc(F)cc1)S(=O)(=O)N(C)C. The second-order valence-electron chi connectivity index (χ2n) is 5.86. The lowest BCUT2D eigenvalue weighted by atomic mass is 10.2. The molecule has 27 heavy (non-hydrogen) atoms. The van der Waals surface area contributed by atoms with Crippen molar-refractivity contribution in [2.24, 2.45) is 0 Å². The van der Waals surface area contributed by atoms with Gasteiger partial charge in [-0.15, -0.1) is 0 Å². The van der Waals surface area contributed by atoms with Crippen LogP contribution in [0.15, 0.2) is 48.5 Å². The van der Waals surface area contributed by atoms with E-state index in [1.807, 2.05) is 12.1 Å². The second-order valence-corrected chi connectivity index (χ2v) is 7.93. The molecule has 0 heterocycles. The zero-order valence-electron chi connectivity index (χ0n) is 15.3. The lowest BCUT2D eigenvalue weighted by molar-refractivity contribution is -0.119. The zero-order chi connectivity index (χ0) is 20.0. The van der Waals surface area contributed by atoms with Crippen LogP contribution in [0.2, 0.25) is 0 Å². The van der Waals surface area contributed by atoms with Gasteiger partial charge in [0.15, 0.2) is 0 Å². The molecule has 0 bridgehead atoms.